The van der Waals surface area contributed by atoms with Crippen molar-refractivity contribution in [2.75, 3.05) is 0 Å². The molecular weight excluding hydrogens is 407 g/mol. The number of allylic oxidation sites excluding steroid dienone is 1. The summed E-state index contributed by atoms with van der Waals surface area (Å²) in [7, 11) is 0. The number of hydrogen-bond acceptors (Lipinski definition) is 4. The Morgan fingerprint density at radius 3 is 2.61 bits per heavy atom. The third-order valence-corrected chi connectivity index (χ3v) is 5.79. The van der Waals surface area contributed by atoms with Crippen molar-refractivity contribution < 1.29 is 18.0 Å². The van der Waals surface area contributed by atoms with E-state index in [1.165, 1.54) is 18.5 Å². The number of nitrogens with two attached hydrogens (primary N) is 2. The molecule has 0 spiro atoms. The van der Waals surface area contributed by atoms with E-state index in [0.717, 1.165) is 16.5 Å². The molecule has 6 nitrogen and oxygen atoms in total. The highest BCUT2D eigenvalue weighted by Crippen LogP contribution is 2.65. The first-order valence-corrected chi connectivity index (χ1v) is 9.89. The fraction of sp³-hybridized carbons (Fsp3) is 0.318. The van der Waals surface area contributed by atoms with Gasteiger partial charge in [0, 0.05) is 29.4 Å². The van der Waals surface area contributed by atoms with Gasteiger partial charge < -0.3 is 11.5 Å². The number of hydrogen-bond donors (Lipinski definition) is 3. The normalized spacial score (nSPS) is 17.3. The van der Waals surface area contributed by atoms with Crippen LogP contribution in [0.4, 0.5) is 13.2 Å². The Labute approximate surface area is 176 Å². The van der Waals surface area contributed by atoms with Crippen LogP contribution in [0.5, 0.6) is 0 Å². The van der Waals surface area contributed by atoms with Gasteiger partial charge in [0.15, 0.2) is 0 Å². The average molecular weight is 429 g/mol. The quantitative estimate of drug-likeness (QED) is 0.499. The maximum Gasteiger partial charge on any atom is 0.398 e. The molecule has 1 atom stereocenters. The number of carbonyl (C=O) groups excluding carboxylic acids is 1. The Kier molecular flexibility index (Phi) is 5.30. The molecule has 9 heteroatoms. The lowest BCUT2D eigenvalue weighted by molar-refractivity contribution is -0.168. The van der Waals surface area contributed by atoms with Crippen molar-refractivity contribution >= 4 is 22.4 Å². The summed E-state index contributed by atoms with van der Waals surface area (Å²) in [6, 6.07) is 8.11. The van der Waals surface area contributed by atoms with Crippen molar-refractivity contribution in [1.29, 1.82) is 0 Å². The third-order valence-electron chi connectivity index (χ3n) is 5.79. The van der Waals surface area contributed by atoms with Crippen LogP contribution in [0.1, 0.15) is 30.4 Å². The molecule has 31 heavy (non-hydrogen) atoms. The van der Waals surface area contributed by atoms with Gasteiger partial charge in [-0.15, -0.1) is 0 Å². The topological polar surface area (TPSA) is 111 Å². The van der Waals surface area contributed by atoms with Crippen LogP contribution < -0.4 is 11.5 Å². The molecule has 0 unspecified atom stereocenters. The monoisotopic (exact) mass is 429 g/mol. The molecule has 1 aromatic carbocycles. The minimum atomic E-state index is -4.50. The van der Waals surface area contributed by atoms with Gasteiger partial charge in [0.2, 0.25) is 5.91 Å². The number of H-pyrrole nitrogens is 1. The van der Waals surface area contributed by atoms with Gasteiger partial charge in [-0.25, -0.2) is 0 Å². The lowest BCUT2D eigenvalue weighted by Crippen LogP contribution is -2.32. The fourth-order valence-corrected chi connectivity index (χ4v) is 4.13. The third kappa shape index (κ3) is 4.05. The van der Waals surface area contributed by atoms with Crippen molar-refractivity contribution in [3.63, 3.8) is 0 Å². The van der Waals surface area contributed by atoms with Crippen molar-refractivity contribution in [2.45, 2.75) is 37.9 Å². The number of aromatic amines is 1. The number of amides is 1. The lowest BCUT2D eigenvalue weighted by Gasteiger charge is -2.26. The van der Waals surface area contributed by atoms with E-state index in [4.69, 9.17) is 11.5 Å². The number of rotatable bonds is 7. The zero-order valence-electron chi connectivity index (χ0n) is 16.6. The van der Waals surface area contributed by atoms with Crippen LogP contribution in [0.15, 0.2) is 54.5 Å². The molecule has 4 rings (SSSR count). The van der Waals surface area contributed by atoms with Crippen molar-refractivity contribution in [1.82, 2.24) is 15.2 Å². The standard InChI is InChI=1S/C22H22F3N5O/c23-22(24,25)21(5-6-21)19(14-2-1-7-28-11-14)17(20(27)31)10-16(26)9-13-3-4-18-15(8-13)12-29-30-18/h1-4,7-8,11-12,16H,5-6,9-10,26H2,(H2,27,31)(H,29,30)/t16-/m0/s1. The summed E-state index contributed by atoms with van der Waals surface area (Å²) in [4.78, 5) is 16.3. The number of carbonyl (C=O) groups is 1. The molecule has 1 aliphatic carbocycles. The molecule has 1 saturated carbocycles. The molecule has 0 radical (unpaired) electrons. The van der Waals surface area contributed by atoms with Gasteiger partial charge in [0.25, 0.3) is 0 Å². The van der Waals surface area contributed by atoms with Crippen LogP contribution in [-0.4, -0.2) is 33.3 Å². The first-order chi connectivity index (χ1) is 14.7. The minimum Gasteiger partial charge on any atom is -0.366 e. The molecule has 1 amide bonds. The maximum absolute atomic E-state index is 14.0. The number of nitrogens with zero attached hydrogens (tertiary/aromatic N) is 2. The molecule has 5 N–H and O–H groups in total. The zero-order chi connectivity index (χ0) is 22.2. The number of alkyl halides is 3. The Morgan fingerprint density at radius 2 is 2.00 bits per heavy atom. The Balaban J connectivity index is 1.70. The summed E-state index contributed by atoms with van der Waals surface area (Å²) in [5.41, 5.74) is 11.6. The van der Waals surface area contributed by atoms with Crippen molar-refractivity contribution in [2.24, 2.45) is 16.9 Å². The SMILES string of the molecule is NC(=O)C(C[C@@H](N)Cc1ccc2[nH]ncc2c1)=C(c1cccnc1)C1(C(F)(F)F)CC1. The van der Waals surface area contributed by atoms with Gasteiger partial charge in [-0.05, 0) is 60.6 Å². The number of benzene rings is 1. The van der Waals surface area contributed by atoms with E-state index in [1.807, 2.05) is 18.2 Å². The molecule has 0 aliphatic heterocycles. The van der Waals surface area contributed by atoms with E-state index >= 15 is 0 Å². The lowest BCUT2D eigenvalue weighted by atomic mass is 9.83. The van der Waals surface area contributed by atoms with Crippen LogP contribution >= 0.6 is 0 Å². The second-order valence-corrected chi connectivity index (χ2v) is 8.00. The van der Waals surface area contributed by atoms with Gasteiger partial charge in [0.1, 0.15) is 0 Å². The first kappa shape index (κ1) is 21.0. The second-order valence-electron chi connectivity index (χ2n) is 8.00. The molecule has 162 valence electrons. The Hall–Kier alpha value is -3.20. The van der Waals surface area contributed by atoms with Gasteiger partial charge in [-0.1, -0.05) is 12.1 Å². The van der Waals surface area contributed by atoms with E-state index in [9.17, 15) is 18.0 Å². The molecule has 1 aliphatic rings. The number of aromatic nitrogens is 3. The Bertz CT molecular complexity index is 1130. The molecule has 2 heterocycles. The van der Waals surface area contributed by atoms with Gasteiger partial charge in [0.05, 0.1) is 17.1 Å². The van der Waals surface area contributed by atoms with Crippen LogP contribution in [-0.2, 0) is 11.2 Å². The summed E-state index contributed by atoms with van der Waals surface area (Å²) in [6.07, 6.45) is 0.0966. The van der Waals surface area contributed by atoms with E-state index in [0.29, 0.717) is 6.42 Å². The van der Waals surface area contributed by atoms with Gasteiger partial charge in [-0.3, -0.25) is 14.9 Å². The minimum absolute atomic E-state index is 0.0686. The molecule has 0 saturated heterocycles. The second kappa shape index (κ2) is 7.81. The molecule has 0 bridgehead atoms. The van der Waals surface area contributed by atoms with Crippen LogP contribution in [0, 0.1) is 5.41 Å². The number of nitrogens with one attached hydrogen (secondary N) is 1. The van der Waals surface area contributed by atoms with Crippen LogP contribution in [0.25, 0.3) is 16.5 Å². The highest BCUT2D eigenvalue weighted by Gasteiger charge is 2.66. The summed E-state index contributed by atoms with van der Waals surface area (Å²) < 4.78 is 42.0. The van der Waals surface area contributed by atoms with E-state index in [2.05, 4.69) is 15.2 Å². The molecular formula is C22H22F3N5O. The van der Waals surface area contributed by atoms with Crippen LogP contribution in [0.2, 0.25) is 0 Å². The zero-order valence-corrected chi connectivity index (χ0v) is 16.6. The molecule has 2 aromatic heterocycles. The first-order valence-electron chi connectivity index (χ1n) is 9.89. The number of pyridine rings is 1. The molecule has 3 aromatic rings. The van der Waals surface area contributed by atoms with Crippen LogP contribution in [0.3, 0.4) is 0 Å². The largest absolute Gasteiger partial charge is 0.398 e. The van der Waals surface area contributed by atoms with E-state index < -0.39 is 23.5 Å². The smallest absolute Gasteiger partial charge is 0.366 e. The van der Waals surface area contributed by atoms with Gasteiger partial charge >= 0.3 is 6.18 Å². The predicted molar refractivity (Wildman–Crippen MR) is 110 cm³/mol. The predicted octanol–water partition coefficient (Wildman–Crippen LogP) is 3.50. The molecule has 1 fully saturated rings. The number of halogens is 3. The van der Waals surface area contributed by atoms with Gasteiger partial charge in [-0.2, -0.15) is 18.3 Å². The summed E-state index contributed by atoms with van der Waals surface area (Å²) in [6.45, 7) is 0. The summed E-state index contributed by atoms with van der Waals surface area (Å²) in [5, 5.41) is 7.73. The average Bonchev–Trinajstić information content (AvgIpc) is 3.39. The maximum atomic E-state index is 14.0. The van der Waals surface area contributed by atoms with E-state index in [-0.39, 0.29) is 36.0 Å². The number of primary amides is 1. The highest BCUT2D eigenvalue weighted by atomic mass is 19.4. The summed E-state index contributed by atoms with van der Waals surface area (Å²) in [5.74, 6) is -0.893. The van der Waals surface area contributed by atoms with Crippen molar-refractivity contribution in [3.8, 4) is 0 Å². The fourth-order valence-electron chi connectivity index (χ4n) is 4.13. The number of fused-ring (bicyclic) bond motifs is 1. The van der Waals surface area contributed by atoms with E-state index in [1.54, 1.807) is 12.3 Å². The highest BCUT2D eigenvalue weighted by molar-refractivity contribution is 6.02. The summed E-state index contributed by atoms with van der Waals surface area (Å²) >= 11 is 0. The van der Waals surface area contributed by atoms with Crippen molar-refractivity contribution in [3.05, 3.63) is 65.6 Å². The Morgan fingerprint density at radius 1 is 1.23 bits per heavy atom.